The van der Waals surface area contributed by atoms with Crippen molar-refractivity contribution in [3.63, 3.8) is 0 Å². The van der Waals surface area contributed by atoms with E-state index in [4.69, 9.17) is 0 Å². The lowest BCUT2D eigenvalue weighted by Gasteiger charge is -2.26. The van der Waals surface area contributed by atoms with Gasteiger partial charge in [0.15, 0.2) is 0 Å². The van der Waals surface area contributed by atoms with Gasteiger partial charge < -0.3 is 14.9 Å². The molecule has 26 heavy (non-hydrogen) atoms. The molecule has 140 valence electrons. The lowest BCUT2D eigenvalue weighted by molar-refractivity contribution is 0.233. The van der Waals surface area contributed by atoms with Crippen LogP contribution in [0.3, 0.4) is 0 Å². The molecule has 0 atom stereocenters. The van der Waals surface area contributed by atoms with Crippen LogP contribution >= 0.6 is 0 Å². The lowest BCUT2D eigenvalue weighted by atomic mass is 10.1. The molecule has 1 aromatic carbocycles. The predicted octanol–water partition coefficient (Wildman–Crippen LogP) is 0.378. The van der Waals surface area contributed by atoms with E-state index in [1.54, 1.807) is 0 Å². The van der Waals surface area contributed by atoms with E-state index in [1.807, 2.05) is 0 Å². The molecule has 1 saturated heterocycles. The van der Waals surface area contributed by atoms with Crippen molar-refractivity contribution in [2.24, 2.45) is 5.18 Å². The van der Waals surface area contributed by atoms with E-state index < -0.39 is 21.1 Å². The van der Waals surface area contributed by atoms with E-state index in [-0.39, 0.29) is 28.2 Å². The summed E-state index contributed by atoms with van der Waals surface area (Å²) in [7, 11) is -4.00. The van der Waals surface area contributed by atoms with Crippen LogP contribution in [0.1, 0.15) is 19.3 Å². The second-order valence-electron chi connectivity index (χ2n) is 6.17. The Labute approximate surface area is 148 Å². The average molecular weight is 381 g/mol. The average Bonchev–Trinajstić information content (AvgIpc) is 2.62. The first-order valence-corrected chi connectivity index (χ1v) is 9.75. The van der Waals surface area contributed by atoms with Crippen molar-refractivity contribution in [1.82, 2.24) is 19.6 Å². The van der Waals surface area contributed by atoms with Gasteiger partial charge in [-0.25, -0.2) is 13.1 Å². The first-order valence-electron chi connectivity index (χ1n) is 8.26. The number of nitrogens with one attached hydrogen (secondary N) is 3. The highest BCUT2D eigenvalue weighted by Crippen LogP contribution is 2.27. The highest BCUT2D eigenvalue weighted by atomic mass is 32.2. The van der Waals surface area contributed by atoms with E-state index >= 15 is 0 Å². The summed E-state index contributed by atoms with van der Waals surface area (Å²) >= 11 is 0. The Morgan fingerprint density at radius 3 is 2.27 bits per heavy atom. The monoisotopic (exact) mass is 381 g/mol. The topological polar surface area (TPSA) is 145 Å². The van der Waals surface area contributed by atoms with Crippen LogP contribution in [0, 0.1) is 4.91 Å². The molecule has 11 heteroatoms. The molecule has 0 saturated carbocycles. The molecule has 1 aromatic heterocycles. The van der Waals surface area contributed by atoms with Gasteiger partial charge in [-0.1, -0.05) is 6.42 Å². The van der Waals surface area contributed by atoms with Gasteiger partial charge in [0.1, 0.15) is 10.6 Å². The molecule has 2 aromatic rings. The molecule has 1 aliphatic heterocycles. The van der Waals surface area contributed by atoms with Crippen LogP contribution < -0.4 is 15.8 Å². The van der Waals surface area contributed by atoms with E-state index in [2.05, 4.69) is 24.8 Å². The number of fused-ring (bicyclic) bond motifs is 1. The molecule has 0 spiro atoms. The van der Waals surface area contributed by atoms with Crippen molar-refractivity contribution in [3.8, 4) is 0 Å². The Hall–Kier alpha value is -2.37. The highest BCUT2D eigenvalue weighted by molar-refractivity contribution is 7.89. The molecule has 0 amide bonds. The Balaban J connectivity index is 1.86. The van der Waals surface area contributed by atoms with Gasteiger partial charge in [-0.15, -0.1) is 4.91 Å². The zero-order chi connectivity index (χ0) is 18.7. The number of nitrogens with zero attached hydrogens (tertiary/aromatic N) is 2. The van der Waals surface area contributed by atoms with Gasteiger partial charge >= 0.3 is 11.1 Å². The molecule has 10 nitrogen and oxygen atoms in total. The number of rotatable bonds is 6. The Bertz CT molecular complexity index is 1040. The number of sulfonamides is 1. The maximum atomic E-state index is 12.6. The molecule has 0 unspecified atom stereocenters. The van der Waals surface area contributed by atoms with Crippen molar-refractivity contribution < 1.29 is 8.42 Å². The van der Waals surface area contributed by atoms with Crippen LogP contribution in [0.25, 0.3) is 11.0 Å². The van der Waals surface area contributed by atoms with Crippen molar-refractivity contribution in [3.05, 3.63) is 37.7 Å². The van der Waals surface area contributed by atoms with Crippen molar-refractivity contribution >= 4 is 26.7 Å². The minimum Gasteiger partial charge on any atom is -0.316 e. The molecular formula is C15H19N5O5S. The summed E-state index contributed by atoms with van der Waals surface area (Å²) in [6.45, 7) is 2.64. The Morgan fingerprint density at radius 1 is 1.04 bits per heavy atom. The van der Waals surface area contributed by atoms with Crippen molar-refractivity contribution in [1.29, 1.82) is 0 Å². The normalized spacial score (nSPS) is 16.0. The molecular weight excluding hydrogens is 362 g/mol. The quantitative estimate of drug-likeness (QED) is 0.487. The van der Waals surface area contributed by atoms with E-state index in [0.29, 0.717) is 6.54 Å². The highest BCUT2D eigenvalue weighted by Gasteiger charge is 2.21. The fourth-order valence-electron chi connectivity index (χ4n) is 3.02. The first-order chi connectivity index (χ1) is 12.4. The zero-order valence-corrected chi connectivity index (χ0v) is 14.8. The predicted molar refractivity (Wildman–Crippen MR) is 96.1 cm³/mol. The van der Waals surface area contributed by atoms with Gasteiger partial charge in [0.25, 0.3) is 0 Å². The van der Waals surface area contributed by atoms with Crippen LogP contribution in [0.15, 0.2) is 31.8 Å². The number of hydrogen-bond acceptors (Lipinski definition) is 7. The van der Waals surface area contributed by atoms with Gasteiger partial charge in [-0.2, -0.15) is 0 Å². The number of aromatic amines is 2. The van der Waals surface area contributed by atoms with E-state index in [0.717, 1.165) is 38.1 Å². The van der Waals surface area contributed by atoms with E-state index in [1.165, 1.54) is 6.42 Å². The zero-order valence-electron chi connectivity index (χ0n) is 13.9. The SMILES string of the molecule is O=Nc1cc2[nH]c(=O)c(=O)[nH]c2cc1S(=O)(=O)NCCN1CCCCC1. The molecule has 2 heterocycles. The Kier molecular flexibility index (Phi) is 5.30. The summed E-state index contributed by atoms with van der Waals surface area (Å²) < 4.78 is 27.6. The van der Waals surface area contributed by atoms with Crippen LogP contribution in [0.2, 0.25) is 0 Å². The third-order valence-corrected chi connectivity index (χ3v) is 5.85. The van der Waals surface area contributed by atoms with Gasteiger partial charge in [-0.3, -0.25) is 9.59 Å². The summed E-state index contributed by atoms with van der Waals surface area (Å²) in [6.07, 6.45) is 3.39. The maximum Gasteiger partial charge on any atom is 0.314 e. The molecule has 0 aliphatic carbocycles. The third kappa shape index (κ3) is 3.89. The molecule has 0 radical (unpaired) electrons. The number of H-pyrrole nitrogens is 2. The number of benzene rings is 1. The number of aromatic nitrogens is 2. The smallest absolute Gasteiger partial charge is 0.314 e. The molecule has 1 aliphatic rings. The molecule has 3 rings (SSSR count). The largest absolute Gasteiger partial charge is 0.316 e. The van der Waals surface area contributed by atoms with Gasteiger partial charge in [0.2, 0.25) is 10.0 Å². The number of hydrogen-bond donors (Lipinski definition) is 3. The molecule has 1 fully saturated rings. The van der Waals surface area contributed by atoms with E-state index in [9.17, 15) is 22.9 Å². The number of likely N-dealkylation sites (tertiary alicyclic amines) is 1. The van der Waals surface area contributed by atoms with Gasteiger partial charge in [0, 0.05) is 13.1 Å². The van der Waals surface area contributed by atoms with Gasteiger partial charge in [0.05, 0.1) is 11.0 Å². The summed E-state index contributed by atoms with van der Waals surface area (Å²) in [4.78, 5) is 40.3. The lowest BCUT2D eigenvalue weighted by Crippen LogP contribution is -2.37. The minimum absolute atomic E-state index is 0.0957. The van der Waals surface area contributed by atoms with Crippen LogP contribution in [-0.2, 0) is 10.0 Å². The second-order valence-corrected chi connectivity index (χ2v) is 7.90. The Morgan fingerprint density at radius 2 is 1.65 bits per heavy atom. The minimum atomic E-state index is -4.00. The van der Waals surface area contributed by atoms with Crippen LogP contribution in [0.5, 0.6) is 0 Å². The maximum absolute atomic E-state index is 12.6. The fourth-order valence-corrected chi connectivity index (χ4v) is 4.18. The van der Waals surface area contributed by atoms with Gasteiger partial charge in [-0.05, 0) is 43.2 Å². The van der Waals surface area contributed by atoms with Crippen LogP contribution in [0.4, 0.5) is 5.69 Å². The fraction of sp³-hybridized carbons (Fsp3) is 0.467. The summed E-state index contributed by atoms with van der Waals surface area (Å²) in [5, 5.41) is 2.74. The summed E-state index contributed by atoms with van der Waals surface area (Å²) in [5.74, 6) is 0. The van der Waals surface area contributed by atoms with Crippen LogP contribution in [-0.4, -0.2) is 49.5 Å². The standard InChI is InChI=1S/C15H19N5O5S/c21-14-15(22)18-11-9-13(12(19-23)8-10(11)17-14)26(24,25)16-4-7-20-5-2-1-3-6-20/h8-9,16H,1-7H2,(H,17,21)(H,18,22). The van der Waals surface area contributed by atoms with Crippen molar-refractivity contribution in [2.75, 3.05) is 26.2 Å². The first kappa shape index (κ1) is 18.4. The summed E-state index contributed by atoms with van der Waals surface area (Å²) in [6, 6.07) is 2.24. The number of piperidine rings is 1. The van der Waals surface area contributed by atoms with Crippen molar-refractivity contribution in [2.45, 2.75) is 24.2 Å². The third-order valence-electron chi connectivity index (χ3n) is 4.36. The number of nitroso groups, excluding NO2 is 1. The summed E-state index contributed by atoms with van der Waals surface area (Å²) in [5.41, 5.74) is -1.93. The molecule has 0 bridgehead atoms. The molecule has 3 N–H and O–H groups in total. The second kappa shape index (κ2) is 7.48.